The number of carbonyl (C=O) groups is 2. The van der Waals surface area contributed by atoms with Gasteiger partial charge in [-0.25, -0.2) is 8.42 Å². The highest BCUT2D eigenvalue weighted by molar-refractivity contribution is 7.92. The zero-order chi connectivity index (χ0) is 33.4. The van der Waals surface area contributed by atoms with Crippen LogP contribution in [-0.2, 0) is 32.6 Å². The number of rotatable bonds is 12. The SMILES string of the molecule is O=C(NC1CCCCC1)[C@@H](Cc1ccccc1)N(Cc1cccc(Cl)c1)C(=O)CN(c1ccc(Cl)c(Cl)c1)S(=O)(=O)c1ccccc1. The third kappa shape index (κ3) is 9.08. The van der Waals surface area contributed by atoms with Crippen LogP contribution in [0.5, 0.6) is 0 Å². The van der Waals surface area contributed by atoms with Crippen molar-refractivity contribution in [2.24, 2.45) is 0 Å². The summed E-state index contributed by atoms with van der Waals surface area (Å²) < 4.78 is 29.3. The van der Waals surface area contributed by atoms with E-state index in [1.165, 1.54) is 35.2 Å². The number of carbonyl (C=O) groups excluding carboxylic acids is 2. The quantitative estimate of drug-likeness (QED) is 0.162. The molecule has 0 aliphatic heterocycles. The molecular weight excluding hydrogens is 677 g/mol. The first-order valence-corrected chi connectivity index (χ1v) is 18.1. The molecular formula is C36H36Cl3N3O4S. The van der Waals surface area contributed by atoms with Crippen molar-refractivity contribution in [3.63, 3.8) is 0 Å². The van der Waals surface area contributed by atoms with E-state index in [9.17, 15) is 18.0 Å². The van der Waals surface area contributed by atoms with E-state index in [-0.39, 0.29) is 45.5 Å². The molecule has 4 aromatic carbocycles. The summed E-state index contributed by atoms with van der Waals surface area (Å²) >= 11 is 18.8. The van der Waals surface area contributed by atoms with Crippen molar-refractivity contribution in [1.29, 1.82) is 0 Å². The van der Waals surface area contributed by atoms with Crippen molar-refractivity contribution >= 4 is 62.3 Å². The molecule has 0 bridgehead atoms. The lowest BCUT2D eigenvalue weighted by Crippen LogP contribution is -2.55. The molecule has 0 spiro atoms. The molecule has 2 amide bonds. The van der Waals surface area contributed by atoms with Crippen LogP contribution >= 0.6 is 34.8 Å². The first kappa shape index (κ1) is 34.8. The number of nitrogens with one attached hydrogen (secondary N) is 1. The van der Waals surface area contributed by atoms with E-state index in [2.05, 4.69) is 5.32 Å². The number of sulfonamides is 1. The normalized spacial score (nSPS) is 14.3. The number of hydrogen-bond acceptors (Lipinski definition) is 4. The summed E-state index contributed by atoms with van der Waals surface area (Å²) in [5.74, 6) is -0.863. The second-order valence-electron chi connectivity index (χ2n) is 11.6. The molecule has 0 saturated heterocycles. The van der Waals surface area contributed by atoms with Crippen molar-refractivity contribution < 1.29 is 18.0 Å². The number of halogens is 3. The maximum Gasteiger partial charge on any atom is 0.264 e. The molecule has 1 saturated carbocycles. The topological polar surface area (TPSA) is 86.8 Å². The maximum absolute atomic E-state index is 14.6. The Morgan fingerprint density at radius 3 is 2.09 bits per heavy atom. The van der Waals surface area contributed by atoms with Crippen LogP contribution in [0.4, 0.5) is 5.69 Å². The second kappa shape index (κ2) is 16.0. The Labute approximate surface area is 291 Å². The van der Waals surface area contributed by atoms with Gasteiger partial charge in [-0.1, -0.05) is 115 Å². The number of benzene rings is 4. The van der Waals surface area contributed by atoms with Crippen molar-refractivity contribution in [3.05, 3.63) is 129 Å². The Morgan fingerprint density at radius 1 is 0.766 bits per heavy atom. The van der Waals surface area contributed by atoms with Gasteiger partial charge in [-0.05, 0) is 66.4 Å². The molecule has 1 aliphatic rings. The predicted molar refractivity (Wildman–Crippen MR) is 188 cm³/mol. The van der Waals surface area contributed by atoms with Crippen LogP contribution in [-0.4, -0.2) is 43.8 Å². The molecule has 1 atom stereocenters. The number of nitrogens with zero attached hydrogens (tertiary/aromatic N) is 2. The Kier molecular flexibility index (Phi) is 11.9. The predicted octanol–water partition coefficient (Wildman–Crippen LogP) is 7.93. The van der Waals surface area contributed by atoms with Crippen LogP contribution in [0.1, 0.15) is 43.2 Å². The van der Waals surface area contributed by atoms with Gasteiger partial charge < -0.3 is 10.2 Å². The Hall–Kier alpha value is -3.56. The van der Waals surface area contributed by atoms with Gasteiger partial charge in [-0.15, -0.1) is 0 Å². The molecule has 0 aromatic heterocycles. The first-order chi connectivity index (χ1) is 22.6. The van der Waals surface area contributed by atoms with Gasteiger partial charge in [0.1, 0.15) is 12.6 Å². The highest BCUT2D eigenvalue weighted by Gasteiger charge is 2.35. The van der Waals surface area contributed by atoms with Gasteiger partial charge in [0, 0.05) is 24.0 Å². The minimum Gasteiger partial charge on any atom is -0.352 e. The van der Waals surface area contributed by atoms with Gasteiger partial charge in [0.2, 0.25) is 11.8 Å². The van der Waals surface area contributed by atoms with E-state index < -0.39 is 28.5 Å². The van der Waals surface area contributed by atoms with Crippen molar-refractivity contribution in [1.82, 2.24) is 10.2 Å². The van der Waals surface area contributed by atoms with Crippen LogP contribution < -0.4 is 9.62 Å². The van der Waals surface area contributed by atoms with Crippen LogP contribution in [0.25, 0.3) is 0 Å². The second-order valence-corrected chi connectivity index (χ2v) is 14.7. The minimum atomic E-state index is -4.26. The summed E-state index contributed by atoms with van der Waals surface area (Å²) in [5, 5.41) is 4.05. The van der Waals surface area contributed by atoms with Crippen molar-refractivity contribution in [3.8, 4) is 0 Å². The largest absolute Gasteiger partial charge is 0.352 e. The fourth-order valence-electron chi connectivity index (χ4n) is 5.82. The van der Waals surface area contributed by atoms with Crippen LogP contribution in [0, 0.1) is 0 Å². The van der Waals surface area contributed by atoms with Crippen molar-refractivity contribution in [2.45, 2.75) is 62.0 Å². The van der Waals surface area contributed by atoms with Gasteiger partial charge in [0.05, 0.1) is 20.6 Å². The zero-order valence-electron chi connectivity index (χ0n) is 25.7. The lowest BCUT2D eigenvalue weighted by atomic mass is 9.94. The lowest BCUT2D eigenvalue weighted by molar-refractivity contribution is -0.140. The summed E-state index contributed by atoms with van der Waals surface area (Å²) in [7, 11) is -4.26. The third-order valence-electron chi connectivity index (χ3n) is 8.27. The summed E-state index contributed by atoms with van der Waals surface area (Å²) in [6.07, 6.45) is 5.13. The maximum atomic E-state index is 14.6. The summed E-state index contributed by atoms with van der Waals surface area (Å²) in [4.78, 5) is 30.3. The van der Waals surface area contributed by atoms with Gasteiger partial charge in [-0.2, -0.15) is 0 Å². The van der Waals surface area contributed by atoms with E-state index >= 15 is 0 Å². The Balaban J connectivity index is 1.57. The number of anilines is 1. The highest BCUT2D eigenvalue weighted by Crippen LogP contribution is 2.31. The molecule has 0 unspecified atom stereocenters. The van der Waals surface area contributed by atoms with Crippen LogP contribution in [0.2, 0.25) is 15.1 Å². The highest BCUT2D eigenvalue weighted by atomic mass is 35.5. The molecule has 4 aromatic rings. The van der Waals surface area contributed by atoms with E-state index in [1.807, 2.05) is 36.4 Å². The molecule has 0 heterocycles. The molecule has 0 radical (unpaired) electrons. The van der Waals surface area contributed by atoms with Gasteiger partial charge >= 0.3 is 0 Å². The van der Waals surface area contributed by atoms with E-state index in [4.69, 9.17) is 34.8 Å². The van der Waals surface area contributed by atoms with Gasteiger partial charge in [0.25, 0.3) is 10.0 Å². The molecule has 1 aliphatic carbocycles. The standard InChI is InChI=1S/C36H36Cl3N3O4S/c37-28-14-10-13-27(21-28)24-41(34(22-26-11-4-1-5-12-26)36(44)40-29-15-6-2-7-16-29)35(43)25-42(30-19-20-32(38)33(39)23-30)47(45,46)31-17-8-3-9-18-31/h1,3-5,8-14,17-21,23,29,34H,2,6-7,15-16,22,24-25H2,(H,40,44)/t34-/m1/s1. The fourth-order valence-corrected chi connectivity index (χ4v) is 7.75. The number of amides is 2. The molecule has 11 heteroatoms. The first-order valence-electron chi connectivity index (χ1n) is 15.5. The van der Waals surface area contributed by atoms with Crippen LogP contribution in [0.15, 0.2) is 108 Å². The van der Waals surface area contributed by atoms with E-state index in [1.54, 1.807) is 36.4 Å². The van der Waals surface area contributed by atoms with Crippen LogP contribution in [0.3, 0.4) is 0 Å². The summed E-state index contributed by atoms with van der Waals surface area (Å²) in [5.41, 5.74) is 1.71. The molecule has 246 valence electrons. The Morgan fingerprint density at radius 2 is 1.43 bits per heavy atom. The average Bonchev–Trinajstić information content (AvgIpc) is 3.07. The van der Waals surface area contributed by atoms with E-state index in [0.29, 0.717) is 10.6 Å². The zero-order valence-corrected chi connectivity index (χ0v) is 28.8. The molecule has 1 N–H and O–H groups in total. The summed E-state index contributed by atoms with van der Waals surface area (Å²) in [6, 6.07) is 27.8. The summed E-state index contributed by atoms with van der Waals surface area (Å²) in [6.45, 7) is -0.576. The lowest BCUT2D eigenvalue weighted by Gasteiger charge is -2.35. The fraction of sp³-hybridized carbons (Fsp3) is 0.278. The molecule has 47 heavy (non-hydrogen) atoms. The van der Waals surface area contributed by atoms with Gasteiger partial charge in [-0.3, -0.25) is 13.9 Å². The van der Waals surface area contributed by atoms with E-state index in [0.717, 1.165) is 42.0 Å². The molecule has 5 rings (SSSR count). The molecule has 7 nitrogen and oxygen atoms in total. The average molecular weight is 713 g/mol. The Bertz CT molecular complexity index is 1790. The monoisotopic (exact) mass is 711 g/mol. The molecule has 1 fully saturated rings. The van der Waals surface area contributed by atoms with Crippen molar-refractivity contribution in [2.75, 3.05) is 10.8 Å². The van der Waals surface area contributed by atoms with Gasteiger partial charge in [0.15, 0.2) is 0 Å². The number of hydrogen-bond donors (Lipinski definition) is 1. The smallest absolute Gasteiger partial charge is 0.264 e. The third-order valence-corrected chi connectivity index (χ3v) is 11.0. The minimum absolute atomic E-state index is 0.00353.